The molecule has 4 nitrogen and oxygen atoms in total. The molecule has 0 fully saturated rings. The third-order valence-corrected chi connectivity index (χ3v) is 4.13. The maximum absolute atomic E-state index is 5.97. The predicted octanol–water partition coefficient (Wildman–Crippen LogP) is 4.30. The van der Waals surface area contributed by atoms with Gasteiger partial charge in [0, 0.05) is 10.2 Å². The van der Waals surface area contributed by atoms with Gasteiger partial charge in [0.2, 0.25) is 0 Å². The van der Waals surface area contributed by atoms with E-state index in [0.717, 1.165) is 21.5 Å². The van der Waals surface area contributed by atoms with Crippen LogP contribution < -0.4 is 5.32 Å². The molecule has 0 spiro atoms. The summed E-state index contributed by atoms with van der Waals surface area (Å²) in [6.45, 7) is 0.598. The van der Waals surface area contributed by atoms with Crippen molar-refractivity contribution in [1.82, 2.24) is 15.0 Å². The summed E-state index contributed by atoms with van der Waals surface area (Å²) < 4.78 is 0.863. The number of rotatable bonds is 4. The van der Waals surface area contributed by atoms with Crippen LogP contribution in [-0.4, -0.2) is 15.0 Å². The first kappa shape index (κ1) is 14.1. The number of nitrogens with one attached hydrogen (secondary N) is 1. The molecule has 0 aliphatic heterocycles. The van der Waals surface area contributed by atoms with Gasteiger partial charge in [0.05, 0.1) is 23.5 Å². The second-order valence-electron chi connectivity index (χ2n) is 4.44. The van der Waals surface area contributed by atoms with Crippen LogP contribution in [-0.2, 0) is 6.54 Å². The highest BCUT2D eigenvalue weighted by molar-refractivity contribution is 9.10. The second kappa shape index (κ2) is 6.28. The molecular weight excluding hydrogens is 352 g/mol. The molecule has 0 amide bonds. The van der Waals surface area contributed by atoms with Gasteiger partial charge < -0.3 is 5.32 Å². The Morgan fingerprint density at radius 3 is 2.71 bits per heavy atom. The second-order valence-corrected chi connectivity index (χ2v) is 5.70. The Hall–Kier alpha value is -1.85. The predicted molar refractivity (Wildman–Crippen MR) is 87.8 cm³/mol. The lowest BCUT2D eigenvalue weighted by Crippen LogP contribution is -2.02. The molecule has 0 radical (unpaired) electrons. The highest BCUT2D eigenvalue weighted by Crippen LogP contribution is 2.25. The Labute approximate surface area is 135 Å². The van der Waals surface area contributed by atoms with E-state index >= 15 is 0 Å². The Morgan fingerprint density at radius 1 is 1.14 bits per heavy atom. The fourth-order valence-corrected chi connectivity index (χ4v) is 2.36. The molecule has 0 unspecified atom stereocenters. The summed E-state index contributed by atoms with van der Waals surface area (Å²) in [6, 6.07) is 15.5. The van der Waals surface area contributed by atoms with Crippen LogP contribution in [0.5, 0.6) is 0 Å². The zero-order chi connectivity index (χ0) is 14.7. The number of nitrogens with zero attached hydrogens (tertiary/aromatic N) is 3. The first-order valence-corrected chi connectivity index (χ1v) is 7.55. The van der Waals surface area contributed by atoms with Crippen molar-refractivity contribution in [3.63, 3.8) is 0 Å². The Balaban J connectivity index is 1.69. The van der Waals surface area contributed by atoms with Crippen molar-refractivity contribution in [3.8, 4) is 5.69 Å². The molecule has 21 heavy (non-hydrogen) atoms. The van der Waals surface area contributed by atoms with Crippen molar-refractivity contribution in [2.75, 3.05) is 5.32 Å². The van der Waals surface area contributed by atoms with E-state index < -0.39 is 0 Å². The van der Waals surface area contributed by atoms with Crippen molar-refractivity contribution < 1.29 is 0 Å². The van der Waals surface area contributed by atoms with Crippen molar-refractivity contribution in [2.45, 2.75) is 6.54 Å². The third-order valence-electron chi connectivity index (χ3n) is 2.92. The van der Waals surface area contributed by atoms with Crippen LogP contribution >= 0.6 is 27.5 Å². The summed E-state index contributed by atoms with van der Waals surface area (Å²) in [5.74, 6) is 0. The number of aromatic nitrogens is 3. The van der Waals surface area contributed by atoms with Crippen molar-refractivity contribution in [2.24, 2.45) is 0 Å². The van der Waals surface area contributed by atoms with Gasteiger partial charge in [-0.2, -0.15) is 15.0 Å². The molecule has 0 bridgehead atoms. The van der Waals surface area contributed by atoms with E-state index in [4.69, 9.17) is 11.6 Å². The summed E-state index contributed by atoms with van der Waals surface area (Å²) in [5.41, 5.74) is 2.78. The number of hydrogen-bond acceptors (Lipinski definition) is 3. The largest absolute Gasteiger partial charge is 0.379 e. The number of anilines is 1. The lowest BCUT2D eigenvalue weighted by Gasteiger charge is -2.05. The van der Waals surface area contributed by atoms with Crippen LogP contribution in [0.3, 0.4) is 0 Å². The SMILES string of the molecule is Clc1ccc(NCc2cnn(-c3ccccc3)n2)cc1Br. The molecule has 1 N–H and O–H groups in total. The molecule has 0 saturated carbocycles. The van der Waals surface area contributed by atoms with E-state index in [2.05, 4.69) is 31.4 Å². The minimum absolute atomic E-state index is 0.598. The van der Waals surface area contributed by atoms with Gasteiger partial charge in [-0.15, -0.1) is 0 Å². The Bertz CT molecular complexity index is 742. The fourth-order valence-electron chi connectivity index (χ4n) is 1.86. The van der Waals surface area contributed by atoms with E-state index in [9.17, 15) is 0 Å². The molecule has 106 valence electrons. The molecule has 0 aliphatic carbocycles. The molecule has 0 aliphatic rings. The topological polar surface area (TPSA) is 42.7 Å². The lowest BCUT2D eigenvalue weighted by atomic mass is 10.3. The van der Waals surface area contributed by atoms with Gasteiger partial charge in [-0.25, -0.2) is 0 Å². The first-order chi connectivity index (χ1) is 10.2. The smallest absolute Gasteiger partial charge is 0.102 e. The van der Waals surface area contributed by atoms with E-state index in [0.29, 0.717) is 11.6 Å². The van der Waals surface area contributed by atoms with Gasteiger partial charge in [0.1, 0.15) is 5.69 Å². The number of benzene rings is 2. The number of hydrogen-bond donors (Lipinski definition) is 1. The van der Waals surface area contributed by atoms with Gasteiger partial charge in [-0.3, -0.25) is 0 Å². The van der Waals surface area contributed by atoms with Crippen LogP contribution in [0.2, 0.25) is 5.02 Å². The zero-order valence-electron chi connectivity index (χ0n) is 11.0. The minimum atomic E-state index is 0.598. The molecule has 3 aromatic rings. The average Bonchev–Trinajstić information content (AvgIpc) is 2.98. The minimum Gasteiger partial charge on any atom is -0.379 e. The highest BCUT2D eigenvalue weighted by atomic mass is 79.9. The van der Waals surface area contributed by atoms with Gasteiger partial charge in [-0.1, -0.05) is 29.8 Å². The van der Waals surface area contributed by atoms with Crippen LogP contribution in [0.15, 0.2) is 59.2 Å². The van der Waals surface area contributed by atoms with E-state index in [1.165, 1.54) is 0 Å². The van der Waals surface area contributed by atoms with Crippen LogP contribution in [0.1, 0.15) is 5.69 Å². The Kier molecular flexibility index (Phi) is 4.22. The van der Waals surface area contributed by atoms with Gasteiger partial charge >= 0.3 is 0 Å². The van der Waals surface area contributed by atoms with Gasteiger partial charge in [0.25, 0.3) is 0 Å². The van der Waals surface area contributed by atoms with Crippen LogP contribution in [0.4, 0.5) is 5.69 Å². The molecule has 0 atom stereocenters. The summed E-state index contributed by atoms with van der Waals surface area (Å²) in [4.78, 5) is 1.62. The first-order valence-electron chi connectivity index (χ1n) is 6.38. The summed E-state index contributed by atoms with van der Waals surface area (Å²) in [6.07, 6.45) is 1.75. The number of halogens is 2. The normalized spacial score (nSPS) is 10.6. The van der Waals surface area contributed by atoms with Crippen molar-refractivity contribution in [3.05, 3.63) is 69.9 Å². The van der Waals surface area contributed by atoms with Gasteiger partial charge in [-0.05, 0) is 46.3 Å². The van der Waals surface area contributed by atoms with E-state index in [-0.39, 0.29) is 0 Å². The molecule has 1 aromatic heterocycles. The standard InChI is InChI=1S/C15H12BrClN4/c16-14-8-11(6-7-15(14)17)18-9-12-10-19-21(20-12)13-4-2-1-3-5-13/h1-8,10,18H,9H2. The maximum atomic E-state index is 5.97. The monoisotopic (exact) mass is 362 g/mol. The Morgan fingerprint density at radius 2 is 1.95 bits per heavy atom. The average molecular weight is 364 g/mol. The molecule has 2 aromatic carbocycles. The fraction of sp³-hybridized carbons (Fsp3) is 0.0667. The third kappa shape index (κ3) is 3.43. The van der Waals surface area contributed by atoms with Crippen molar-refractivity contribution in [1.29, 1.82) is 0 Å². The van der Waals surface area contributed by atoms with Crippen molar-refractivity contribution >= 4 is 33.2 Å². The van der Waals surface area contributed by atoms with E-state index in [1.54, 1.807) is 11.0 Å². The van der Waals surface area contributed by atoms with E-state index in [1.807, 2.05) is 48.5 Å². The molecule has 0 saturated heterocycles. The number of para-hydroxylation sites is 1. The highest BCUT2D eigenvalue weighted by Gasteiger charge is 2.03. The summed E-state index contributed by atoms with van der Waals surface area (Å²) in [7, 11) is 0. The molecule has 1 heterocycles. The molecule has 6 heteroatoms. The quantitative estimate of drug-likeness (QED) is 0.751. The maximum Gasteiger partial charge on any atom is 0.102 e. The zero-order valence-corrected chi connectivity index (χ0v) is 13.3. The van der Waals surface area contributed by atoms with Crippen LogP contribution in [0.25, 0.3) is 5.69 Å². The van der Waals surface area contributed by atoms with Gasteiger partial charge in [0.15, 0.2) is 0 Å². The lowest BCUT2D eigenvalue weighted by molar-refractivity contribution is 0.740. The molecular formula is C15H12BrClN4. The summed E-state index contributed by atoms with van der Waals surface area (Å²) >= 11 is 9.37. The van der Waals surface area contributed by atoms with Crippen LogP contribution in [0, 0.1) is 0 Å². The summed E-state index contributed by atoms with van der Waals surface area (Å²) in [5, 5.41) is 12.7. The molecule has 3 rings (SSSR count).